The maximum atomic E-state index is 12.3. The van der Waals surface area contributed by atoms with Crippen LogP contribution in [0.1, 0.15) is 23.2 Å². The van der Waals surface area contributed by atoms with Crippen molar-refractivity contribution in [2.75, 3.05) is 25.6 Å². The number of aliphatic hydroxyl groups excluding tert-OH is 1. The van der Waals surface area contributed by atoms with Gasteiger partial charge in [-0.1, -0.05) is 15.9 Å². The summed E-state index contributed by atoms with van der Waals surface area (Å²) in [7, 11) is 0. The van der Waals surface area contributed by atoms with E-state index in [4.69, 9.17) is 10.5 Å². The van der Waals surface area contributed by atoms with Crippen LogP contribution in [0.5, 0.6) is 0 Å². The number of nitrogen functional groups attached to an aromatic ring is 1. The molecule has 1 aromatic carbocycles. The van der Waals surface area contributed by atoms with Gasteiger partial charge < -0.3 is 20.9 Å². The van der Waals surface area contributed by atoms with Gasteiger partial charge in [0.2, 0.25) is 0 Å². The Labute approximate surface area is 120 Å². The fourth-order valence-corrected chi connectivity index (χ4v) is 2.48. The highest BCUT2D eigenvalue weighted by atomic mass is 79.9. The Kier molecular flexibility index (Phi) is 4.44. The number of amides is 1. The van der Waals surface area contributed by atoms with E-state index in [1.54, 1.807) is 18.2 Å². The molecule has 0 unspecified atom stereocenters. The maximum Gasteiger partial charge on any atom is 0.253 e. The molecule has 0 spiro atoms. The van der Waals surface area contributed by atoms with E-state index in [2.05, 4.69) is 21.2 Å². The van der Waals surface area contributed by atoms with Crippen LogP contribution in [0.2, 0.25) is 0 Å². The topological polar surface area (TPSA) is 84.6 Å². The number of nitrogens with one attached hydrogen (secondary N) is 1. The van der Waals surface area contributed by atoms with Crippen molar-refractivity contribution in [3.8, 4) is 0 Å². The van der Waals surface area contributed by atoms with Crippen molar-refractivity contribution >= 4 is 27.5 Å². The van der Waals surface area contributed by atoms with Gasteiger partial charge in [-0.15, -0.1) is 0 Å². The van der Waals surface area contributed by atoms with Gasteiger partial charge in [-0.25, -0.2) is 0 Å². The Bertz CT molecular complexity index is 473. The molecular weight excluding hydrogens is 312 g/mol. The van der Waals surface area contributed by atoms with E-state index < -0.39 is 5.54 Å². The molecule has 1 amide bonds. The average Bonchev–Trinajstić information content (AvgIpc) is 2.42. The highest BCUT2D eigenvalue weighted by Crippen LogP contribution is 2.23. The first-order chi connectivity index (χ1) is 9.06. The van der Waals surface area contributed by atoms with Crippen LogP contribution in [-0.2, 0) is 4.74 Å². The molecule has 104 valence electrons. The van der Waals surface area contributed by atoms with Gasteiger partial charge in [0.05, 0.1) is 17.7 Å². The fraction of sp³-hybridized carbons (Fsp3) is 0.462. The number of halogens is 1. The molecule has 1 aliphatic rings. The van der Waals surface area contributed by atoms with Crippen molar-refractivity contribution in [2.24, 2.45) is 0 Å². The number of benzene rings is 1. The molecule has 1 saturated heterocycles. The molecular formula is C13H17BrN2O3. The van der Waals surface area contributed by atoms with Crippen molar-refractivity contribution in [1.29, 1.82) is 0 Å². The van der Waals surface area contributed by atoms with Crippen LogP contribution in [-0.4, -0.2) is 36.4 Å². The highest BCUT2D eigenvalue weighted by molar-refractivity contribution is 9.10. The van der Waals surface area contributed by atoms with Crippen LogP contribution in [0.15, 0.2) is 22.7 Å². The molecule has 0 bridgehead atoms. The number of anilines is 1. The van der Waals surface area contributed by atoms with E-state index in [9.17, 15) is 9.90 Å². The number of nitrogens with two attached hydrogens (primary N) is 1. The van der Waals surface area contributed by atoms with Gasteiger partial charge >= 0.3 is 0 Å². The van der Waals surface area contributed by atoms with Crippen LogP contribution in [0, 0.1) is 0 Å². The van der Waals surface area contributed by atoms with Gasteiger partial charge in [-0.3, -0.25) is 4.79 Å². The van der Waals surface area contributed by atoms with Gasteiger partial charge in [0, 0.05) is 23.4 Å². The van der Waals surface area contributed by atoms with Crippen molar-refractivity contribution in [3.63, 3.8) is 0 Å². The van der Waals surface area contributed by atoms with Crippen molar-refractivity contribution in [2.45, 2.75) is 18.4 Å². The van der Waals surface area contributed by atoms with E-state index in [1.807, 2.05) is 0 Å². The van der Waals surface area contributed by atoms with Crippen LogP contribution in [0.25, 0.3) is 0 Å². The van der Waals surface area contributed by atoms with Crippen LogP contribution >= 0.6 is 15.9 Å². The van der Waals surface area contributed by atoms with Crippen LogP contribution in [0.3, 0.4) is 0 Å². The predicted octanol–water partition coefficient (Wildman–Crippen LogP) is 1.30. The number of hydrogen-bond acceptors (Lipinski definition) is 4. The number of rotatable bonds is 3. The highest BCUT2D eigenvalue weighted by Gasteiger charge is 2.34. The van der Waals surface area contributed by atoms with Gasteiger partial charge in [0.1, 0.15) is 0 Å². The minimum atomic E-state index is -0.607. The second-order valence-corrected chi connectivity index (χ2v) is 5.65. The predicted molar refractivity (Wildman–Crippen MR) is 75.9 cm³/mol. The Hall–Kier alpha value is -1.11. The van der Waals surface area contributed by atoms with Crippen molar-refractivity contribution < 1.29 is 14.6 Å². The Morgan fingerprint density at radius 2 is 2.16 bits per heavy atom. The fourth-order valence-electron chi connectivity index (χ4n) is 2.12. The molecule has 5 nitrogen and oxygen atoms in total. The zero-order valence-corrected chi connectivity index (χ0v) is 12.1. The summed E-state index contributed by atoms with van der Waals surface area (Å²) in [6.07, 6.45) is 1.20. The molecule has 0 radical (unpaired) electrons. The third kappa shape index (κ3) is 3.26. The average molecular weight is 329 g/mol. The standard InChI is InChI=1S/C13H17BrN2O3/c14-9-1-2-11(15)10(7-9)12(18)16-13(8-17)3-5-19-6-4-13/h1-2,7,17H,3-6,8,15H2,(H,16,18). The number of carbonyl (C=O) groups is 1. The zero-order valence-electron chi connectivity index (χ0n) is 10.5. The lowest BCUT2D eigenvalue weighted by Crippen LogP contribution is -2.54. The lowest BCUT2D eigenvalue weighted by molar-refractivity contribution is 0.0125. The number of carbonyl (C=O) groups excluding carboxylic acids is 1. The molecule has 6 heteroatoms. The third-order valence-electron chi connectivity index (χ3n) is 3.39. The summed E-state index contributed by atoms with van der Waals surface area (Å²) in [6, 6.07) is 5.13. The minimum absolute atomic E-state index is 0.101. The molecule has 1 heterocycles. The van der Waals surface area contributed by atoms with Gasteiger partial charge in [-0.05, 0) is 31.0 Å². The summed E-state index contributed by atoms with van der Waals surface area (Å²) in [6.45, 7) is 0.972. The zero-order chi connectivity index (χ0) is 13.9. The second kappa shape index (κ2) is 5.90. The van der Waals surface area contributed by atoms with E-state index in [1.165, 1.54) is 0 Å². The Morgan fingerprint density at radius 3 is 2.79 bits per heavy atom. The summed E-state index contributed by atoms with van der Waals surface area (Å²) < 4.78 is 6.05. The van der Waals surface area contributed by atoms with Gasteiger partial charge in [-0.2, -0.15) is 0 Å². The molecule has 4 N–H and O–H groups in total. The third-order valence-corrected chi connectivity index (χ3v) is 3.88. The summed E-state index contributed by atoms with van der Waals surface area (Å²) >= 11 is 3.32. The number of hydrogen-bond donors (Lipinski definition) is 3. The van der Waals surface area contributed by atoms with Crippen molar-refractivity contribution in [3.05, 3.63) is 28.2 Å². The summed E-state index contributed by atoms with van der Waals surface area (Å²) in [4.78, 5) is 12.3. The maximum absolute atomic E-state index is 12.3. The normalized spacial score (nSPS) is 18.0. The lowest BCUT2D eigenvalue weighted by atomic mass is 9.90. The molecule has 1 aromatic rings. The lowest BCUT2D eigenvalue weighted by Gasteiger charge is -2.36. The molecule has 0 aliphatic carbocycles. The first-order valence-electron chi connectivity index (χ1n) is 6.12. The van der Waals surface area contributed by atoms with Crippen molar-refractivity contribution in [1.82, 2.24) is 5.32 Å². The molecule has 0 aromatic heterocycles. The van der Waals surface area contributed by atoms with E-state index >= 15 is 0 Å². The summed E-state index contributed by atoms with van der Waals surface area (Å²) in [5, 5.41) is 12.4. The van der Waals surface area contributed by atoms with Crippen LogP contribution in [0.4, 0.5) is 5.69 Å². The smallest absolute Gasteiger partial charge is 0.253 e. The first-order valence-corrected chi connectivity index (χ1v) is 6.92. The second-order valence-electron chi connectivity index (χ2n) is 4.74. The van der Waals surface area contributed by atoms with Gasteiger partial charge in [0.25, 0.3) is 5.91 Å². The summed E-state index contributed by atoms with van der Waals surface area (Å²) in [5.41, 5.74) is 6.03. The minimum Gasteiger partial charge on any atom is -0.398 e. The molecule has 1 aliphatic heterocycles. The van der Waals surface area contributed by atoms with Gasteiger partial charge in [0.15, 0.2) is 0 Å². The first kappa shape index (κ1) is 14.3. The largest absolute Gasteiger partial charge is 0.398 e. The monoisotopic (exact) mass is 328 g/mol. The number of ether oxygens (including phenoxy) is 1. The molecule has 1 fully saturated rings. The Morgan fingerprint density at radius 1 is 1.47 bits per heavy atom. The Balaban J connectivity index is 2.17. The quantitative estimate of drug-likeness (QED) is 0.730. The number of aliphatic hydroxyl groups is 1. The summed E-state index contributed by atoms with van der Waals surface area (Å²) in [5.74, 6) is -0.269. The molecule has 0 saturated carbocycles. The molecule has 19 heavy (non-hydrogen) atoms. The molecule has 2 rings (SSSR count). The SMILES string of the molecule is Nc1ccc(Br)cc1C(=O)NC1(CO)CCOCC1. The van der Waals surface area contributed by atoms with E-state index in [0.29, 0.717) is 37.3 Å². The molecule has 0 atom stereocenters. The van der Waals surface area contributed by atoms with E-state index in [0.717, 1.165) is 4.47 Å². The van der Waals surface area contributed by atoms with Crippen LogP contribution < -0.4 is 11.1 Å². The van der Waals surface area contributed by atoms with E-state index in [-0.39, 0.29) is 12.5 Å².